The average Bonchev–Trinajstić information content (AvgIpc) is 2.68. The number of nitrogens with zero attached hydrogens (tertiary/aromatic N) is 2. The van der Waals surface area contributed by atoms with Crippen molar-refractivity contribution < 1.29 is 9.47 Å². The predicted octanol–water partition coefficient (Wildman–Crippen LogP) is 4.73. The summed E-state index contributed by atoms with van der Waals surface area (Å²) in [5, 5.41) is 0. The maximum absolute atomic E-state index is 5.95. The predicted molar refractivity (Wildman–Crippen MR) is 103 cm³/mol. The van der Waals surface area contributed by atoms with Gasteiger partial charge in [-0.2, -0.15) is 0 Å². The Morgan fingerprint density at radius 2 is 1.88 bits per heavy atom. The zero-order valence-corrected chi connectivity index (χ0v) is 15.2. The van der Waals surface area contributed by atoms with E-state index in [1.165, 1.54) is 24.2 Å². The van der Waals surface area contributed by atoms with Crippen molar-refractivity contribution in [1.29, 1.82) is 0 Å². The standard InChI is InChI=1S/C20H22N2O2S/c1-23-17-4-2-5-18(14-17)24-16-9-7-15(8-10-16)19-6-3-11-22-12-13-25-21-20(19)22/h2,4-5,7-10,14,19H,3,6,11-13H2,1H3. The summed E-state index contributed by atoms with van der Waals surface area (Å²) < 4.78 is 15.9. The molecule has 0 N–H and O–H groups in total. The van der Waals surface area contributed by atoms with Gasteiger partial charge in [-0.25, -0.2) is 4.40 Å². The Balaban J connectivity index is 1.50. The van der Waals surface area contributed by atoms with Crippen LogP contribution < -0.4 is 9.47 Å². The second-order valence-corrected chi connectivity index (χ2v) is 7.16. The summed E-state index contributed by atoms with van der Waals surface area (Å²) in [5.74, 6) is 5.18. The number of hydrogen-bond acceptors (Lipinski definition) is 5. The molecule has 0 spiro atoms. The molecule has 0 aliphatic carbocycles. The van der Waals surface area contributed by atoms with Gasteiger partial charge in [0, 0.05) is 30.8 Å². The average molecular weight is 354 g/mol. The molecule has 2 heterocycles. The molecule has 0 amide bonds. The molecule has 2 aliphatic heterocycles. The molecule has 4 nitrogen and oxygen atoms in total. The molecule has 4 rings (SSSR count). The number of fused-ring (bicyclic) bond motifs is 1. The fourth-order valence-corrected chi connectivity index (χ4v) is 4.21. The van der Waals surface area contributed by atoms with Crippen molar-refractivity contribution in [3.63, 3.8) is 0 Å². The Morgan fingerprint density at radius 3 is 2.72 bits per heavy atom. The van der Waals surface area contributed by atoms with Crippen LogP contribution in [0.5, 0.6) is 17.2 Å². The first kappa shape index (κ1) is 16.3. The molecule has 0 saturated carbocycles. The number of rotatable bonds is 4. The van der Waals surface area contributed by atoms with Crippen LogP contribution in [0.15, 0.2) is 52.9 Å². The second-order valence-electron chi connectivity index (χ2n) is 6.31. The summed E-state index contributed by atoms with van der Waals surface area (Å²) in [6.45, 7) is 2.27. The Bertz CT molecular complexity index is 761. The summed E-state index contributed by atoms with van der Waals surface area (Å²) in [6.07, 6.45) is 2.41. The minimum absolute atomic E-state index is 0.410. The monoisotopic (exact) mass is 354 g/mol. The smallest absolute Gasteiger partial charge is 0.131 e. The van der Waals surface area contributed by atoms with Crippen LogP contribution in [0.3, 0.4) is 0 Å². The van der Waals surface area contributed by atoms with Crippen molar-refractivity contribution in [2.24, 2.45) is 4.40 Å². The summed E-state index contributed by atoms with van der Waals surface area (Å²) in [7, 11) is 1.66. The molecule has 1 fully saturated rings. The Hall–Kier alpha value is -2.14. The van der Waals surface area contributed by atoms with Crippen molar-refractivity contribution in [2.45, 2.75) is 18.8 Å². The van der Waals surface area contributed by atoms with E-state index in [9.17, 15) is 0 Å². The molecule has 2 aromatic carbocycles. The van der Waals surface area contributed by atoms with E-state index in [0.717, 1.165) is 36.1 Å². The van der Waals surface area contributed by atoms with Gasteiger partial charge < -0.3 is 14.4 Å². The quantitative estimate of drug-likeness (QED) is 0.744. The van der Waals surface area contributed by atoms with Gasteiger partial charge >= 0.3 is 0 Å². The number of ether oxygens (including phenoxy) is 2. The Morgan fingerprint density at radius 1 is 1.04 bits per heavy atom. The lowest BCUT2D eigenvalue weighted by Crippen LogP contribution is -2.42. The van der Waals surface area contributed by atoms with Crippen LogP contribution in [0.4, 0.5) is 0 Å². The van der Waals surface area contributed by atoms with Gasteiger partial charge in [-0.1, -0.05) is 18.2 Å². The number of amidine groups is 1. The van der Waals surface area contributed by atoms with Crippen molar-refractivity contribution >= 4 is 17.8 Å². The summed E-state index contributed by atoms with van der Waals surface area (Å²) >= 11 is 1.70. The SMILES string of the molecule is COc1cccc(Oc2ccc(C3CCCN4CCSN=C34)cc2)c1. The van der Waals surface area contributed by atoms with Crippen LogP contribution in [-0.2, 0) is 0 Å². The molecular formula is C20H22N2O2S. The normalized spacial score (nSPS) is 19.8. The van der Waals surface area contributed by atoms with Crippen LogP contribution in [-0.4, -0.2) is 36.7 Å². The molecule has 0 radical (unpaired) electrons. The van der Waals surface area contributed by atoms with E-state index in [1.54, 1.807) is 19.1 Å². The lowest BCUT2D eigenvalue weighted by Gasteiger charge is -2.37. The molecule has 0 bridgehead atoms. The Labute approximate surface area is 153 Å². The number of methoxy groups -OCH3 is 1. The first-order valence-corrected chi connectivity index (χ1v) is 9.64. The fourth-order valence-electron chi connectivity index (χ4n) is 3.45. The third-order valence-corrected chi connectivity index (χ3v) is 5.41. The van der Waals surface area contributed by atoms with E-state index in [0.29, 0.717) is 5.92 Å². The molecule has 2 aliphatic rings. The van der Waals surface area contributed by atoms with E-state index in [2.05, 4.69) is 17.0 Å². The molecule has 2 aromatic rings. The lowest BCUT2D eigenvalue weighted by molar-refractivity contribution is 0.371. The maximum atomic E-state index is 5.95. The molecule has 5 heteroatoms. The van der Waals surface area contributed by atoms with E-state index < -0.39 is 0 Å². The van der Waals surface area contributed by atoms with Gasteiger partial charge in [-0.05, 0) is 54.6 Å². The first-order chi connectivity index (χ1) is 12.3. The fraction of sp³-hybridized carbons (Fsp3) is 0.350. The van der Waals surface area contributed by atoms with Crippen molar-refractivity contribution in [3.8, 4) is 17.2 Å². The number of piperidine rings is 1. The van der Waals surface area contributed by atoms with Gasteiger partial charge in [0.2, 0.25) is 0 Å². The highest BCUT2D eigenvalue weighted by molar-refractivity contribution is 7.98. The van der Waals surface area contributed by atoms with Gasteiger partial charge in [-0.3, -0.25) is 0 Å². The topological polar surface area (TPSA) is 34.1 Å². The van der Waals surface area contributed by atoms with E-state index in [-0.39, 0.29) is 0 Å². The van der Waals surface area contributed by atoms with Gasteiger partial charge in [0.05, 0.1) is 7.11 Å². The molecule has 130 valence electrons. The third kappa shape index (κ3) is 3.61. The molecule has 1 saturated heterocycles. The van der Waals surface area contributed by atoms with Crippen LogP contribution in [0, 0.1) is 0 Å². The molecule has 25 heavy (non-hydrogen) atoms. The molecule has 1 unspecified atom stereocenters. The van der Waals surface area contributed by atoms with E-state index in [1.807, 2.05) is 36.4 Å². The zero-order chi connectivity index (χ0) is 17.1. The van der Waals surface area contributed by atoms with Crippen LogP contribution in [0.25, 0.3) is 0 Å². The van der Waals surface area contributed by atoms with Gasteiger partial charge in [0.25, 0.3) is 0 Å². The van der Waals surface area contributed by atoms with Crippen LogP contribution in [0.2, 0.25) is 0 Å². The van der Waals surface area contributed by atoms with Gasteiger partial charge in [0.15, 0.2) is 0 Å². The molecular weight excluding hydrogens is 332 g/mol. The van der Waals surface area contributed by atoms with Gasteiger partial charge in [0.1, 0.15) is 23.1 Å². The van der Waals surface area contributed by atoms with Crippen molar-refractivity contribution in [2.75, 3.05) is 26.0 Å². The third-order valence-electron chi connectivity index (χ3n) is 4.73. The highest BCUT2D eigenvalue weighted by atomic mass is 32.2. The highest BCUT2D eigenvalue weighted by Crippen LogP contribution is 2.34. The molecule has 1 atom stereocenters. The van der Waals surface area contributed by atoms with Crippen molar-refractivity contribution in [3.05, 3.63) is 54.1 Å². The Kier molecular flexibility index (Phi) is 4.83. The summed E-state index contributed by atoms with van der Waals surface area (Å²) in [4.78, 5) is 2.45. The zero-order valence-electron chi connectivity index (χ0n) is 14.4. The molecule has 0 aromatic heterocycles. The van der Waals surface area contributed by atoms with Crippen molar-refractivity contribution in [1.82, 2.24) is 4.90 Å². The maximum Gasteiger partial charge on any atom is 0.131 e. The summed E-state index contributed by atoms with van der Waals surface area (Å²) in [6, 6.07) is 16.1. The van der Waals surface area contributed by atoms with E-state index >= 15 is 0 Å². The number of hydrogen-bond donors (Lipinski definition) is 0. The van der Waals surface area contributed by atoms with Gasteiger partial charge in [-0.15, -0.1) is 0 Å². The largest absolute Gasteiger partial charge is 0.497 e. The second kappa shape index (κ2) is 7.40. The van der Waals surface area contributed by atoms with E-state index in [4.69, 9.17) is 13.9 Å². The summed E-state index contributed by atoms with van der Waals surface area (Å²) in [5.41, 5.74) is 1.32. The minimum Gasteiger partial charge on any atom is -0.497 e. The minimum atomic E-state index is 0.410. The number of benzene rings is 2. The van der Waals surface area contributed by atoms with Crippen LogP contribution >= 0.6 is 11.9 Å². The first-order valence-electron chi connectivity index (χ1n) is 8.70. The lowest BCUT2D eigenvalue weighted by atomic mass is 9.89. The van der Waals surface area contributed by atoms with Crippen LogP contribution in [0.1, 0.15) is 24.3 Å². The highest BCUT2D eigenvalue weighted by Gasteiger charge is 2.29.